The van der Waals surface area contributed by atoms with Gasteiger partial charge in [0.15, 0.2) is 0 Å². The molecule has 0 atom stereocenters. The van der Waals surface area contributed by atoms with Gasteiger partial charge in [-0.05, 0) is 36.5 Å². The number of nitrogens with two attached hydrogens (primary N) is 1. The minimum Gasteiger partial charge on any atom is -0.366 e. The van der Waals surface area contributed by atoms with Gasteiger partial charge in [-0.2, -0.15) is 0 Å². The van der Waals surface area contributed by atoms with E-state index in [1.165, 1.54) is 5.56 Å². The van der Waals surface area contributed by atoms with Crippen LogP contribution in [0, 0.1) is 0 Å². The molecule has 14 heavy (non-hydrogen) atoms. The van der Waals surface area contributed by atoms with Crippen molar-refractivity contribution in [3.63, 3.8) is 0 Å². The van der Waals surface area contributed by atoms with Crippen molar-refractivity contribution in [2.24, 2.45) is 5.73 Å². The van der Waals surface area contributed by atoms with Crippen molar-refractivity contribution in [3.05, 3.63) is 35.4 Å². The summed E-state index contributed by atoms with van der Waals surface area (Å²) in [6.45, 7) is 0. The highest BCUT2D eigenvalue weighted by Gasteiger charge is 2.07. The van der Waals surface area contributed by atoms with Crippen LogP contribution in [0.25, 0.3) is 0 Å². The first-order chi connectivity index (χ1) is 6.38. The zero-order chi connectivity index (χ0) is 10.8. The molecule has 0 saturated heterocycles. The molecule has 3 heteroatoms. The molecule has 2 nitrogen and oxygen atoms in total. The van der Waals surface area contributed by atoms with Crippen LogP contribution in [0.15, 0.2) is 24.3 Å². The van der Waals surface area contributed by atoms with Gasteiger partial charge in [0.2, 0.25) is 5.91 Å². The van der Waals surface area contributed by atoms with E-state index >= 15 is 0 Å². The number of benzene rings is 1. The van der Waals surface area contributed by atoms with Gasteiger partial charge >= 0.3 is 0 Å². The molecular formula is C11H17NOS. The zero-order valence-electron chi connectivity index (χ0n) is 8.91. The Bertz CT molecular complexity index is 341. The van der Waals surface area contributed by atoms with E-state index in [0.717, 1.165) is 5.75 Å². The molecule has 0 spiro atoms. The first kappa shape index (κ1) is 11.1. The summed E-state index contributed by atoms with van der Waals surface area (Å²) in [5.74, 6) is 0.685. The van der Waals surface area contributed by atoms with Gasteiger partial charge in [-0.3, -0.25) is 4.79 Å². The fourth-order valence-corrected chi connectivity index (χ4v) is 2.49. The summed E-state index contributed by atoms with van der Waals surface area (Å²) < 4.78 is 0. The lowest BCUT2D eigenvalue weighted by Gasteiger charge is -2.25. The van der Waals surface area contributed by atoms with E-state index in [1.807, 2.05) is 18.2 Å². The summed E-state index contributed by atoms with van der Waals surface area (Å²) in [5, 5.41) is 0. The van der Waals surface area contributed by atoms with Crippen LogP contribution >= 0.6 is 10.0 Å². The number of rotatable bonds is 3. The predicted molar refractivity (Wildman–Crippen MR) is 64.0 cm³/mol. The third-order valence-corrected chi connectivity index (χ3v) is 3.01. The second-order valence-electron chi connectivity index (χ2n) is 4.30. The highest BCUT2D eigenvalue weighted by atomic mass is 32.3. The van der Waals surface area contributed by atoms with E-state index in [0.29, 0.717) is 5.56 Å². The third-order valence-electron chi connectivity index (χ3n) is 1.81. The Kier molecular flexibility index (Phi) is 3.21. The van der Waals surface area contributed by atoms with E-state index < -0.39 is 10.0 Å². The molecule has 0 aliphatic carbocycles. The summed E-state index contributed by atoms with van der Waals surface area (Å²) in [7, 11) is -0.572. The quantitative estimate of drug-likeness (QED) is 0.816. The number of primary amides is 1. The molecule has 1 rings (SSSR count). The SMILES string of the molecule is CS(C)(C)Cc1cccc(C(N)=O)c1. The highest BCUT2D eigenvalue weighted by molar-refractivity contribution is 8.31. The Morgan fingerprint density at radius 1 is 1.36 bits per heavy atom. The maximum atomic E-state index is 10.9. The Labute approximate surface area is 86.8 Å². The number of carbonyl (C=O) groups is 1. The van der Waals surface area contributed by atoms with Crippen LogP contribution in [0.3, 0.4) is 0 Å². The van der Waals surface area contributed by atoms with Crippen molar-refractivity contribution in [1.29, 1.82) is 0 Å². The van der Waals surface area contributed by atoms with Crippen molar-refractivity contribution in [2.45, 2.75) is 5.75 Å². The van der Waals surface area contributed by atoms with Gasteiger partial charge in [0.1, 0.15) is 0 Å². The lowest BCUT2D eigenvalue weighted by Crippen LogP contribution is -2.11. The normalized spacial score (nSPS) is 12.5. The molecule has 0 radical (unpaired) electrons. The molecule has 2 N–H and O–H groups in total. The molecule has 1 aromatic rings. The maximum Gasteiger partial charge on any atom is 0.248 e. The zero-order valence-corrected chi connectivity index (χ0v) is 9.73. The average Bonchev–Trinajstić information content (AvgIpc) is 2.01. The van der Waals surface area contributed by atoms with E-state index in [1.54, 1.807) is 6.07 Å². The van der Waals surface area contributed by atoms with Crippen molar-refractivity contribution in [3.8, 4) is 0 Å². The average molecular weight is 211 g/mol. The Morgan fingerprint density at radius 2 is 2.00 bits per heavy atom. The lowest BCUT2D eigenvalue weighted by atomic mass is 10.1. The summed E-state index contributed by atoms with van der Waals surface area (Å²) in [6.07, 6.45) is 6.76. The molecule has 0 bridgehead atoms. The van der Waals surface area contributed by atoms with Gasteiger partial charge in [0, 0.05) is 11.3 Å². The number of hydrogen-bond acceptors (Lipinski definition) is 1. The second-order valence-corrected chi connectivity index (χ2v) is 8.77. The Hall–Kier alpha value is -0.960. The first-order valence-electron chi connectivity index (χ1n) is 4.43. The van der Waals surface area contributed by atoms with Gasteiger partial charge in [-0.25, -0.2) is 10.0 Å². The molecule has 0 saturated carbocycles. The number of amides is 1. The van der Waals surface area contributed by atoms with Gasteiger partial charge in [0.25, 0.3) is 0 Å². The van der Waals surface area contributed by atoms with Gasteiger partial charge < -0.3 is 5.73 Å². The maximum absolute atomic E-state index is 10.9. The van der Waals surface area contributed by atoms with Crippen LogP contribution in [0.5, 0.6) is 0 Å². The summed E-state index contributed by atoms with van der Waals surface area (Å²) in [5.41, 5.74) is 7.02. The van der Waals surface area contributed by atoms with Crippen LogP contribution in [0.4, 0.5) is 0 Å². The van der Waals surface area contributed by atoms with Crippen LogP contribution in [-0.2, 0) is 5.75 Å². The monoisotopic (exact) mass is 211 g/mol. The fourth-order valence-electron chi connectivity index (χ4n) is 1.31. The van der Waals surface area contributed by atoms with E-state index in [4.69, 9.17) is 5.73 Å². The van der Waals surface area contributed by atoms with Gasteiger partial charge in [-0.1, -0.05) is 12.1 Å². The third kappa shape index (κ3) is 3.42. The molecular weight excluding hydrogens is 194 g/mol. The molecule has 1 amide bonds. The molecule has 0 aliphatic heterocycles. The predicted octanol–water partition coefficient (Wildman–Crippen LogP) is 1.98. The van der Waals surface area contributed by atoms with Crippen molar-refractivity contribution >= 4 is 15.9 Å². The number of hydrogen-bond donors (Lipinski definition) is 1. The summed E-state index contributed by atoms with van der Waals surface area (Å²) >= 11 is 0. The summed E-state index contributed by atoms with van der Waals surface area (Å²) in [4.78, 5) is 10.9. The molecule has 0 fully saturated rings. The van der Waals surface area contributed by atoms with Crippen molar-refractivity contribution < 1.29 is 4.79 Å². The molecule has 0 unspecified atom stereocenters. The smallest absolute Gasteiger partial charge is 0.248 e. The first-order valence-corrected chi connectivity index (χ1v) is 7.46. The molecule has 0 aromatic heterocycles. The topological polar surface area (TPSA) is 43.1 Å². The van der Waals surface area contributed by atoms with E-state index in [9.17, 15) is 4.79 Å². The van der Waals surface area contributed by atoms with Crippen LogP contribution in [0.2, 0.25) is 0 Å². The standard InChI is InChI=1S/C11H17NOS/c1-14(2,3)8-9-5-4-6-10(7-9)11(12)13/h4-7H,8H2,1-3H3,(H2,12,13). The van der Waals surface area contributed by atoms with Crippen molar-refractivity contribution in [2.75, 3.05) is 18.8 Å². The molecule has 1 aromatic carbocycles. The molecule has 0 heterocycles. The van der Waals surface area contributed by atoms with Crippen LogP contribution in [0.1, 0.15) is 15.9 Å². The van der Waals surface area contributed by atoms with E-state index in [-0.39, 0.29) is 5.91 Å². The largest absolute Gasteiger partial charge is 0.366 e. The van der Waals surface area contributed by atoms with Gasteiger partial charge in [-0.15, -0.1) is 0 Å². The van der Waals surface area contributed by atoms with Gasteiger partial charge in [0.05, 0.1) is 0 Å². The number of carbonyl (C=O) groups excluding carboxylic acids is 1. The second kappa shape index (κ2) is 4.05. The molecule has 0 aliphatic rings. The lowest BCUT2D eigenvalue weighted by molar-refractivity contribution is 0.1000. The molecule has 78 valence electrons. The Balaban J connectivity index is 2.89. The van der Waals surface area contributed by atoms with Crippen LogP contribution in [-0.4, -0.2) is 24.7 Å². The Morgan fingerprint density at radius 3 is 2.50 bits per heavy atom. The van der Waals surface area contributed by atoms with Crippen molar-refractivity contribution in [1.82, 2.24) is 0 Å². The summed E-state index contributed by atoms with van der Waals surface area (Å²) in [6, 6.07) is 7.58. The fraction of sp³-hybridized carbons (Fsp3) is 0.364. The minimum absolute atomic E-state index is 0.351. The highest BCUT2D eigenvalue weighted by Crippen LogP contribution is 2.38. The van der Waals surface area contributed by atoms with Crippen LogP contribution < -0.4 is 5.73 Å². The van der Waals surface area contributed by atoms with E-state index in [2.05, 4.69) is 18.8 Å². The minimum atomic E-state index is -0.572.